The van der Waals surface area contributed by atoms with Crippen LogP contribution in [0.5, 0.6) is 0 Å². The Kier molecular flexibility index (Phi) is 5.98. The minimum Gasteiger partial charge on any atom is -0.465 e. The van der Waals surface area contributed by atoms with Gasteiger partial charge in [-0.3, -0.25) is 9.88 Å². The number of pyridine rings is 1. The summed E-state index contributed by atoms with van der Waals surface area (Å²) < 4.78 is 10.2. The lowest BCUT2D eigenvalue weighted by Crippen LogP contribution is -2.35. The normalized spacial score (nSPS) is 14.5. The van der Waals surface area contributed by atoms with Crippen LogP contribution in [0.15, 0.2) is 66.9 Å². The molecule has 0 saturated carbocycles. The number of aromatic nitrogens is 1. The molecule has 2 aromatic carbocycles. The Hall–Kier alpha value is -3.02. The van der Waals surface area contributed by atoms with Crippen LogP contribution in [-0.4, -0.2) is 49.3 Å². The number of methoxy groups -OCH3 is 1. The van der Waals surface area contributed by atoms with Gasteiger partial charge in [0.1, 0.15) is 0 Å². The Bertz CT molecular complexity index is 962. The molecule has 1 aromatic heterocycles. The third kappa shape index (κ3) is 4.70. The highest BCUT2D eigenvalue weighted by Crippen LogP contribution is 2.25. The summed E-state index contributed by atoms with van der Waals surface area (Å²) >= 11 is 0. The van der Waals surface area contributed by atoms with Gasteiger partial charge in [-0.1, -0.05) is 48.5 Å². The fourth-order valence-electron chi connectivity index (χ4n) is 3.49. The van der Waals surface area contributed by atoms with E-state index in [1.165, 1.54) is 18.2 Å². The highest BCUT2D eigenvalue weighted by Gasteiger charge is 2.11. The number of hydrogen-bond donors (Lipinski definition) is 0. The average molecular weight is 388 g/mol. The Morgan fingerprint density at radius 1 is 0.966 bits per heavy atom. The molecule has 4 rings (SSSR count). The largest absolute Gasteiger partial charge is 0.465 e. The quantitative estimate of drug-likeness (QED) is 0.618. The second-order valence-corrected chi connectivity index (χ2v) is 7.08. The molecule has 29 heavy (non-hydrogen) atoms. The van der Waals surface area contributed by atoms with Gasteiger partial charge in [0, 0.05) is 31.4 Å². The summed E-state index contributed by atoms with van der Waals surface area (Å²) in [7, 11) is 1.38. The van der Waals surface area contributed by atoms with Crippen LogP contribution < -0.4 is 0 Å². The van der Waals surface area contributed by atoms with E-state index in [0.717, 1.165) is 49.7 Å². The second kappa shape index (κ2) is 8.99. The van der Waals surface area contributed by atoms with Crippen molar-refractivity contribution in [2.24, 2.45) is 0 Å². The molecule has 0 amide bonds. The summed E-state index contributed by atoms with van der Waals surface area (Å²) in [6.45, 7) is 4.59. The molecule has 0 radical (unpaired) electrons. The van der Waals surface area contributed by atoms with Gasteiger partial charge in [-0.15, -0.1) is 0 Å². The van der Waals surface area contributed by atoms with E-state index in [1.54, 1.807) is 18.3 Å². The lowest BCUT2D eigenvalue weighted by molar-refractivity contribution is 0.0342. The Morgan fingerprint density at radius 2 is 1.59 bits per heavy atom. The van der Waals surface area contributed by atoms with Gasteiger partial charge in [0.2, 0.25) is 0 Å². The number of morpholine rings is 1. The molecule has 0 bridgehead atoms. The van der Waals surface area contributed by atoms with E-state index in [-0.39, 0.29) is 5.97 Å². The van der Waals surface area contributed by atoms with Crippen LogP contribution in [0.3, 0.4) is 0 Å². The molecule has 1 aliphatic heterocycles. The zero-order valence-electron chi connectivity index (χ0n) is 16.5. The van der Waals surface area contributed by atoms with Gasteiger partial charge >= 0.3 is 5.97 Å². The standard InChI is InChI=1S/C24H24N2O3/c1-28-24(27)22-10-11-25-23(16-22)21-8-6-20(7-9-21)19-4-2-18(3-5-19)17-26-12-14-29-15-13-26/h2-11,16H,12-15,17H2,1H3. The summed E-state index contributed by atoms with van der Waals surface area (Å²) in [5.74, 6) is -0.359. The minimum atomic E-state index is -0.359. The molecule has 5 heteroatoms. The average Bonchev–Trinajstić information content (AvgIpc) is 2.80. The van der Waals surface area contributed by atoms with Crippen LogP contribution in [0, 0.1) is 0 Å². The van der Waals surface area contributed by atoms with Gasteiger partial charge in [0.05, 0.1) is 31.6 Å². The first kappa shape index (κ1) is 19.3. The maximum Gasteiger partial charge on any atom is 0.337 e. The van der Waals surface area contributed by atoms with Crippen LogP contribution in [0.1, 0.15) is 15.9 Å². The number of nitrogens with zero attached hydrogens (tertiary/aromatic N) is 2. The van der Waals surface area contributed by atoms with Crippen molar-refractivity contribution in [2.75, 3.05) is 33.4 Å². The molecular formula is C24H24N2O3. The van der Waals surface area contributed by atoms with E-state index in [9.17, 15) is 4.79 Å². The molecule has 1 aliphatic rings. The first-order valence-corrected chi connectivity index (χ1v) is 9.77. The summed E-state index contributed by atoms with van der Waals surface area (Å²) in [5, 5.41) is 0. The van der Waals surface area contributed by atoms with Gasteiger partial charge < -0.3 is 9.47 Å². The molecular weight excluding hydrogens is 364 g/mol. The zero-order valence-corrected chi connectivity index (χ0v) is 16.5. The molecule has 2 heterocycles. The maximum atomic E-state index is 11.7. The van der Waals surface area contributed by atoms with Crippen LogP contribution >= 0.6 is 0 Å². The Morgan fingerprint density at radius 3 is 2.24 bits per heavy atom. The predicted octanol–water partition coefficient (Wildman–Crippen LogP) is 4.03. The molecule has 0 aliphatic carbocycles. The van der Waals surface area contributed by atoms with Gasteiger partial charge in [-0.05, 0) is 28.8 Å². The van der Waals surface area contributed by atoms with E-state index in [0.29, 0.717) is 5.56 Å². The summed E-state index contributed by atoms with van der Waals surface area (Å²) in [6.07, 6.45) is 1.63. The summed E-state index contributed by atoms with van der Waals surface area (Å²) in [4.78, 5) is 18.5. The Balaban J connectivity index is 1.47. The smallest absolute Gasteiger partial charge is 0.337 e. The molecule has 148 valence electrons. The van der Waals surface area contributed by atoms with E-state index < -0.39 is 0 Å². The van der Waals surface area contributed by atoms with Crippen molar-refractivity contribution in [1.82, 2.24) is 9.88 Å². The number of ether oxygens (including phenoxy) is 2. The lowest BCUT2D eigenvalue weighted by atomic mass is 10.0. The number of carbonyl (C=O) groups is 1. The molecule has 5 nitrogen and oxygen atoms in total. The van der Waals surface area contributed by atoms with Crippen LogP contribution in [0.2, 0.25) is 0 Å². The molecule has 0 spiro atoms. The van der Waals surface area contributed by atoms with Crippen molar-refractivity contribution in [3.63, 3.8) is 0 Å². The highest BCUT2D eigenvalue weighted by molar-refractivity contribution is 5.90. The van der Waals surface area contributed by atoms with Crippen molar-refractivity contribution in [1.29, 1.82) is 0 Å². The zero-order chi connectivity index (χ0) is 20.1. The maximum absolute atomic E-state index is 11.7. The first-order chi connectivity index (χ1) is 14.2. The first-order valence-electron chi connectivity index (χ1n) is 9.77. The number of carbonyl (C=O) groups excluding carboxylic acids is 1. The van der Waals surface area contributed by atoms with Crippen molar-refractivity contribution in [2.45, 2.75) is 6.54 Å². The van der Waals surface area contributed by atoms with E-state index in [4.69, 9.17) is 9.47 Å². The third-order valence-electron chi connectivity index (χ3n) is 5.16. The SMILES string of the molecule is COC(=O)c1ccnc(-c2ccc(-c3ccc(CN4CCOCC4)cc3)cc2)c1. The monoisotopic (exact) mass is 388 g/mol. The summed E-state index contributed by atoms with van der Waals surface area (Å²) in [5.41, 5.74) is 5.85. The van der Waals surface area contributed by atoms with Crippen molar-refractivity contribution in [3.8, 4) is 22.4 Å². The molecule has 1 saturated heterocycles. The molecule has 3 aromatic rings. The lowest BCUT2D eigenvalue weighted by Gasteiger charge is -2.26. The number of rotatable bonds is 5. The second-order valence-electron chi connectivity index (χ2n) is 7.08. The molecule has 0 N–H and O–H groups in total. The third-order valence-corrected chi connectivity index (χ3v) is 5.16. The summed E-state index contributed by atoms with van der Waals surface area (Å²) in [6, 6.07) is 20.4. The van der Waals surface area contributed by atoms with Crippen molar-refractivity contribution >= 4 is 5.97 Å². The van der Waals surface area contributed by atoms with Crippen LogP contribution in [0.4, 0.5) is 0 Å². The van der Waals surface area contributed by atoms with E-state index in [2.05, 4.69) is 46.3 Å². The topological polar surface area (TPSA) is 51.7 Å². The highest BCUT2D eigenvalue weighted by atomic mass is 16.5. The Labute approximate surface area is 170 Å². The van der Waals surface area contributed by atoms with E-state index >= 15 is 0 Å². The predicted molar refractivity (Wildman–Crippen MR) is 113 cm³/mol. The molecule has 0 atom stereocenters. The van der Waals surface area contributed by atoms with Gasteiger partial charge in [0.25, 0.3) is 0 Å². The number of hydrogen-bond acceptors (Lipinski definition) is 5. The minimum absolute atomic E-state index is 0.359. The van der Waals surface area contributed by atoms with Gasteiger partial charge in [-0.2, -0.15) is 0 Å². The molecule has 0 unspecified atom stereocenters. The van der Waals surface area contributed by atoms with Gasteiger partial charge in [0.15, 0.2) is 0 Å². The van der Waals surface area contributed by atoms with Crippen LogP contribution in [-0.2, 0) is 16.0 Å². The van der Waals surface area contributed by atoms with Crippen LogP contribution in [0.25, 0.3) is 22.4 Å². The number of esters is 1. The number of benzene rings is 2. The molecule has 1 fully saturated rings. The van der Waals surface area contributed by atoms with Gasteiger partial charge in [-0.25, -0.2) is 4.79 Å². The fraction of sp³-hybridized carbons (Fsp3) is 0.250. The van der Waals surface area contributed by atoms with Crippen molar-refractivity contribution < 1.29 is 14.3 Å². The fourth-order valence-corrected chi connectivity index (χ4v) is 3.49. The van der Waals surface area contributed by atoms with Crippen molar-refractivity contribution in [3.05, 3.63) is 78.0 Å². The van der Waals surface area contributed by atoms with E-state index in [1.807, 2.05) is 12.1 Å².